The van der Waals surface area contributed by atoms with Gasteiger partial charge in [0, 0.05) is 30.2 Å². The number of hydrogen-bond acceptors (Lipinski definition) is 5. The zero-order chi connectivity index (χ0) is 19.7. The summed E-state index contributed by atoms with van der Waals surface area (Å²) >= 11 is 6.31. The second kappa shape index (κ2) is 7.78. The van der Waals surface area contributed by atoms with Crippen LogP contribution < -0.4 is 0 Å². The maximum atomic E-state index is 11.6. The van der Waals surface area contributed by atoms with Crippen molar-refractivity contribution in [2.24, 2.45) is 0 Å². The first-order valence-corrected chi connectivity index (χ1v) is 9.56. The lowest BCUT2D eigenvalue weighted by atomic mass is 9.99. The number of fused-ring (bicyclic) bond motifs is 1. The number of rotatable bonds is 4. The predicted octanol–water partition coefficient (Wildman–Crippen LogP) is 4.65. The third kappa shape index (κ3) is 3.68. The molecule has 4 rings (SSSR count). The number of carbonyl (C=O) groups excluding carboxylic acids is 1. The fourth-order valence-electron chi connectivity index (χ4n) is 3.53. The van der Waals surface area contributed by atoms with Crippen LogP contribution in [0.1, 0.15) is 32.9 Å². The van der Waals surface area contributed by atoms with Crippen LogP contribution in [-0.4, -0.2) is 29.5 Å². The summed E-state index contributed by atoms with van der Waals surface area (Å²) in [6, 6.07) is 13.2. The molecule has 144 valence electrons. The first-order valence-electron chi connectivity index (χ1n) is 9.19. The number of benzene rings is 2. The highest BCUT2D eigenvalue weighted by Crippen LogP contribution is 2.28. The number of hydrogen-bond donors (Lipinski definition) is 0. The Kier molecular flexibility index (Phi) is 5.20. The van der Waals surface area contributed by atoms with Crippen LogP contribution in [0, 0.1) is 6.92 Å². The summed E-state index contributed by atoms with van der Waals surface area (Å²) in [4.78, 5) is 18.6. The SMILES string of the molecule is COC(=O)c1ccc(-c2nc(CN3CCc4c(Cl)cccc4C3)c(C)o2)cc1. The summed E-state index contributed by atoms with van der Waals surface area (Å²) in [5.74, 6) is 1.01. The van der Waals surface area contributed by atoms with Gasteiger partial charge >= 0.3 is 5.97 Å². The Morgan fingerprint density at radius 3 is 2.79 bits per heavy atom. The number of carbonyl (C=O) groups is 1. The highest BCUT2D eigenvalue weighted by molar-refractivity contribution is 6.31. The number of esters is 1. The van der Waals surface area contributed by atoms with Crippen molar-refractivity contribution in [3.63, 3.8) is 0 Å². The van der Waals surface area contributed by atoms with Crippen LogP contribution in [0.25, 0.3) is 11.5 Å². The second-order valence-electron chi connectivity index (χ2n) is 6.93. The first kappa shape index (κ1) is 18.7. The van der Waals surface area contributed by atoms with E-state index >= 15 is 0 Å². The summed E-state index contributed by atoms with van der Waals surface area (Å²) in [6.45, 7) is 4.45. The average molecular weight is 397 g/mol. The van der Waals surface area contributed by atoms with E-state index in [1.54, 1.807) is 12.1 Å². The Labute approximate surface area is 168 Å². The van der Waals surface area contributed by atoms with E-state index in [9.17, 15) is 4.79 Å². The van der Waals surface area contributed by atoms with Gasteiger partial charge < -0.3 is 9.15 Å². The van der Waals surface area contributed by atoms with Crippen molar-refractivity contribution >= 4 is 17.6 Å². The molecule has 0 atom stereocenters. The quantitative estimate of drug-likeness (QED) is 0.601. The standard InChI is InChI=1S/C22H21ClN2O3/c1-14-20(13-25-11-10-18-17(12-25)4-3-5-19(18)23)24-21(28-14)15-6-8-16(9-7-15)22(26)27-2/h3-9H,10-13H2,1-2H3. The Bertz CT molecular complexity index is 1010. The van der Waals surface area contributed by atoms with Crippen LogP contribution in [0.3, 0.4) is 0 Å². The minimum atomic E-state index is -0.360. The van der Waals surface area contributed by atoms with Crippen LogP contribution >= 0.6 is 11.6 Å². The monoisotopic (exact) mass is 396 g/mol. The van der Waals surface area contributed by atoms with Crippen LogP contribution in [0.5, 0.6) is 0 Å². The van der Waals surface area contributed by atoms with Gasteiger partial charge in [0.2, 0.25) is 5.89 Å². The predicted molar refractivity (Wildman–Crippen MR) is 107 cm³/mol. The number of oxazole rings is 1. The molecule has 0 N–H and O–H groups in total. The molecule has 0 aliphatic carbocycles. The highest BCUT2D eigenvalue weighted by atomic mass is 35.5. The third-order valence-corrected chi connectivity index (χ3v) is 5.46. The maximum absolute atomic E-state index is 11.6. The van der Waals surface area contributed by atoms with Gasteiger partial charge in [-0.3, -0.25) is 4.90 Å². The molecule has 0 saturated heterocycles. The summed E-state index contributed by atoms with van der Waals surface area (Å²) < 4.78 is 10.6. The molecule has 2 heterocycles. The minimum absolute atomic E-state index is 0.360. The van der Waals surface area contributed by atoms with Crippen LogP contribution in [-0.2, 0) is 24.2 Å². The lowest BCUT2D eigenvalue weighted by Crippen LogP contribution is -2.30. The van der Waals surface area contributed by atoms with Gasteiger partial charge in [0.1, 0.15) is 5.76 Å². The first-order chi connectivity index (χ1) is 13.5. The average Bonchev–Trinajstić information content (AvgIpc) is 3.08. The maximum Gasteiger partial charge on any atom is 0.337 e. The van der Waals surface area contributed by atoms with Gasteiger partial charge in [-0.25, -0.2) is 9.78 Å². The van der Waals surface area contributed by atoms with Crippen molar-refractivity contribution in [2.75, 3.05) is 13.7 Å². The van der Waals surface area contributed by atoms with Gasteiger partial charge in [-0.15, -0.1) is 0 Å². The van der Waals surface area contributed by atoms with E-state index in [-0.39, 0.29) is 5.97 Å². The fourth-order valence-corrected chi connectivity index (χ4v) is 3.82. The van der Waals surface area contributed by atoms with E-state index in [1.165, 1.54) is 18.2 Å². The molecule has 1 aliphatic rings. The number of ether oxygens (including phenoxy) is 1. The highest BCUT2D eigenvalue weighted by Gasteiger charge is 2.21. The molecular formula is C22H21ClN2O3. The van der Waals surface area contributed by atoms with Gasteiger partial charge in [0.05, 0.1) is 18.4 Å². The molecule has 0 saturated carbocycles. The molecule has 2 aromatic carbocycles. The number of methoxy groups -OCH3 is 1. The normalized spacial score (nSPS) is 14.0. The molecule has 0 amide bonds. The van der Waals surface area contributed by atoms with Crippen molar-refractivity contribution in [3.8, 4) is 11.5 Å². The molecule has 0 fully saturated rings. The largest absolute Gasteiger partial charge is 0.465 e. The number of aromatic nitrogens is 1. The molecule has 1 aromatic heterocycles. The summed E-state index contributed by atoms with van der Waals surface area (Å²) in [5.41, 5.74) is 4.79. The lowest BCUT2D eigenvalue weighted by Gasteiger charge is -2.28. The lowest BCUT2D eigenvalue weighted by molar-refractivity contribution is 0.0600. The zero-order valence-electron chi connectivity index (χ0n) is 15.9. The van der Waals surface area contributed by atoms with Gasteiger partial charge in [0.15, 0.2) is 0 Å². The number of nitrogens with zero attached hydrogens (tertiary/aromatic N) is 2. The molecule has 0 bridgehead atoms. The topological polar surface area (TPSA) is 55.6 Å². The fraction of sp³-hybridized carbons (Fsp3) is 0.273. The number of aryl methyl sites for hydroxylation is 1. The smallest absolute Gasteiger partial charge is 0.337 e. The molecule has 3 aromatic rings. The van der Waals surface area contributed by atoms with Crippen molar-refractivity contribution in [3.05, 3.63) is 75.6 Å². The van der Waals surface area contributed by atoms with Gasteiger partial charge in [-0.05, 0) is 54.8 Å². The minimum Gasteiger partial charge on any atom is -0.465 e. The summed E-state index contributed by atoms with van der Waals surface area (Å²) in [5, 5.41) is 0.854. The Hall–Kier alpha value is -2.63. The van der Waals surface area contributed by atoms with Gasteiger partial charge in [-0.1, -0.05) is 23.7 Å². The van der Waals surface area contributed by atoms with Crippen LogP contribution in [0.15, 0.2) is 46.9 Å². The van der Waals surface area contributed by atoms with E-state index < -0.39 is 0 Å². The van der Waals surface area contributed by atoms with Gasteiger partial charge in [-0.2, -0.15) is 0 Å². The summed E-state index contributed by atoms with van der Waals surface area (Å²) in [7, 11) is 1.37. The van der Waals surface area contributed by atoms with Crippen molar-refractivity contribution in [1.82, 2.24) is 9.88 Å². The molecule has 1 aliphatic heterocycles. The summed E-state index contributed by atoms with van der Waals surface area (Å²) in [6.07, 6.45) is 0.938. The van der Waals surface area contributed by atoms with E-state index in [4.69, 9.17) is 25.7 Å². The molecule has 28 heavy (non-hydrogen) atoms. The molecule has 5 nitrogen and oxygen atoms in total. The Morgan fingerprint density at radius 2 is 2.04 bits per heavy atom. The Morgan fingerprint density at radius 1 is 1.25 bits per heavy atom. The van der Waals surface area contributed by atoms with Crippen molar-refractivity contribution < 1.29 is 13.9 Å². The van der Waals surface area contributed by atoms with Gasteiger partial charge in [0.25, 0.3) is 0 Å². The Balaban J connectivity index is 1.50. The van der Waals surface area contributed by atoms with Crippen molar-refractivity contribution in [2.45, 2.75) is 26.4 Å². The molecule has 6 heteroatoms. The van der Waals surface area contributed by atoms with E-state index in [0.29, 0.717) is 11.5 Å². The number of halogens is 1. The van der Waals surface area contributed by atoms with Crippen LogP contribution in [0.2, 0.25) is 5.02 Å². The molecule has 0 unspecified atom stereocenters. The third-order valence-electron chi connectivity index (χ3n) is 5.11. The van der Waals surface area contributed by atoms with E-state index in [2.05, 4.69) is 11.0 Å². The van der Waals surface area contributed by atoms with Crippen molar-refractivity contribution in [1.29, 1.82) is 0 Å². The second-order valence-corrected chi connectivity index (χ2v) is 7.34. The molecule has 0 radical (unpaired) electrons. The molecular weight excluding hydrogens is 376 g/mol. The zero-order valence-corrected chi connectivity index (χ0v) is 16.6. The van der Waals surface area contributed by atoms with E-state index in [1.807, 2.05) is 31.2 Å². The van der Waals surface area contributed by atoms with Crippen LogP contribution in [0.4, 0.5) is 0 Å². The van der Waals surface area contributed by atoms with E-state index in [0.717, 1.165) is 48.1 Å². The molecule has 0 spiro atoms.